The van der Waals surface area contributed by atoms with E-state index in [9.17, 15) is 10.1 Å². The smallest absolute Gasteiger partial charge is 0.273 e. The first kappa shape index (κ1) is 7.60. The Balaban J connectivity index is 2.67. The number of furan rings is 1. The molecule has 5 nitrogen and oxygen atoms in total. The number of nitro groups is 1. The average Bonchev–Trinajstić information content (AvgIpc) is 2.42. The molecule has 5 heteroatoms. The maximum absolute atomic E-state index is 10.4. The van der Waals surface area contributed by atoms with Gasteiger partial charge in [-0.2, -0.15) is 0 Å². The van der Waals surface area contributed by atoms with Crippen LogP contribution in [0.15, 0.2) is 28.7 Å². The second-order valence-electron chi connectivity index (χ2n) is 2.63. The molecule has 66 valence electrons. The zero-order chi connectivity index (χ0) is 9.42. The molecule has 0 radical (unpaired) electrons. The molecule has 0 saturated heterocycles. The molecule has 13 heavy (non-hydrogen) atoms. The van der Waals surface area contributed by atoms with Crippen molar-refractivity contribution in [1.29, 1.82) is 0 Å². The Morgan fingerprint density at radius 1 is 1.38 bits per heavy atom. The second kappa shape index (κ2) is 2.48. The maximum atomic E-state index is 10.4. The van der Waals surface area contributed by atoms with E-state index in [-0.39, 0.29) is 11.6 Å². The molecule has 2 rings (SSSR count). The Kier molecular flexibility index (Phi) is 1.45. The minimum absolute atomic E-state index is 0.00171. The number of benzene rings is 1. The summed E-state index contributed by atoms with van der Waals surface area (Å²) in [5.41, 5.74) is 5.82. The van der Waals surface area contributed by atoms with Crippen molar-refractivity contribution in [3.63, 3.8) is 0 Å². The first-order chi connectivity index (χ1) is 6.16. The third-order valence-corrected chi connectivity index (χ3v) is 1.73. The Labute approximate surface area is 72.9 Å². The number of hydrogen-bond acceptors (Lipinski definition) is 4. The monoisotopic (exact) mass is 178 g/mol. The lowest BCUT2D eigenvalue weighted by atomic mass is 10.2. The highest BCUT2D eigenvalue weighted by molar-refractivity contribution is 5.82. The number of nitrogens with two attached hydrogens (primary N) is 1. The van der Waals surface area contributed by atoms with Gasteiger partial charge < -0.3 is 10.2 Å². The molecule has 2 N–H and O–H groups in total. The van der Waals surface area contributed by atoms with E-state index in [1.807, 2.05) is 0 Å². The van der Waals surface area contributed by atoms with E-state index in [0.717, 1.165) is 5.39 Å². The summed E-state index contributed by atoms with van der Waals surface area (Å²) in [6.07, 6.45) is 0. The van der Waals surface area contributed by atoms with Crippen molar-refractivity contribution in [2.24, 2.45) is 0 Å². The number of nitrogens with zero attached hydrogens (tertiary/aromatic N) is 1. The van der Waals surface area contributed by atoms with E-state index in [0.29, 0.717) is 5.58 Å². The largest absolute Gasteiger partial charge is 0.441 e. The van der Waals surface area contributed by atoms with Crippen LogP contribution in [0.1, 0.15) is 0 Å². The molecule has 0 aliphatic rings. The summed E-state index contributed by atoms with van der Waals surface area (Å²) in [4.78, 5) is 9.91. The van der Waals surface area contributed by atoms with Gasteiger partial charge in [0, 0.05) is 17.5 Å². The normalized spacial score (nSPS) is 10.5. The first-order valence-electron chi connectivity index (χ1n) is 3.60. The van der Waals surface area contributed by atoms with Crippen molar-refractivity contribution in [3.05, 3.63) is 34.4 Å². The van der Waals surface area contributed by atoms with Crippen LogP contribution in [-0.4, -0.2) is 4.92 Å². The minimum Gasteiger partial charge on any atom is -0.441 e. The number of nitrogen functional groups attached to an aromatic ring is 1. The predicted octanol–water partition coefficient (Wildman–Crippen LogP) is 1.92. The third-order valence-electron chi connectivity index (χ3n) is 1.73. The Hall–Kier alpha value is -2.04. The average molecular weight is 178 g/mol. The van der Waals surface area contributed by atoms with Crippen molar-refractivity contribution in [3.8, 4) is 0 Å². The van der Waals surface area contributed by atoms with Gasteiger partial charge in [0.15, 0.2) is 5.88 Å². The van der Waals surface area contributed by atoms with Crippen molar-refractivity contribution < 1.29 is 9.34 Å². The van der Waals surface area contributed by atoms with Crippen LogP contribution in [0.25, 0.3) is 11.0 Å². The summed E-state index contributed by atoms with van der Waals surface area (Å²) in [6.45, 7) is 0. The van der Waals surface area contributed by atoms with Crippen LogP contribution >= 0.6 is 0 Å². The molecule has 2 aromatic rings. The molecule has 0 aliphatic heterocycles. The van der Waals surface area contributed by atoms with Gasteiger partial charge in [-0.05, 0) is 6.07 Å². The number of fused-ring (bicyclic) bond motifs is 1. The van der Waals surface area contributed by atoms with Crippen LogP contribution in [0.2, 0.25) is 0 Å². The SMILES string of the molecule is Nc1cc2ccc([N+](=O)[O-])cc2o1. The highest BCUT2D eigenvalue weighted by Gasteiger charge is 2.08. The zero-order valence-electron chi connectivity index (χ0n) is 6.56. The standard InChI is InChI=1S/C8H6N2O3/c9-8-3-5-1-2-6(10(11)12)4-7(5)13-8/h1-4H,9H2. The van der Waals surface area contributed by atoms with Crippen molar-refractivity contribution in [2.75, 3.05) is 5.73 Å². The minimum atomic E-state index is -0.474. The molecular formula is C8H6N2O3. The van der Waals surface area contributed by atoms with E-state index in [2.05, 4.69) is 0 Å². The number of anilines is 1. The fourth-order valence-corrected chi connectivity index (χ4v) is 1.15. The van der Waals surface area contributed by atoms with E-state index >= 15 is 0 Å². The molecule has 0 saturated carbocycles. The Morgan fingerprint density at radius 2 is 2.15 bits per heavy atom. The molecule has 0 atom stereocenters. The van der Waals surface area contributed by atoms with Gasteiger partial charge in [-0.1, -0.05) is 0 Å². The lowest BCUT2D eigenvalue weighted by Gasteiger charge is -1.89. The summed E-state index contributed by atoms with van der Waals surface area (Å²) in [5.74, 6) is 0.260. The van der Waals surface area contributed by atoms with Gasteiger partial charge >= 0.3 is 0 Å². The van der Waals surface area contributed by atoms with Gasteiger partial charge in [-0.15, -0.1) is 0 Å². The van der Waals surface area contributed by atoms with Crippen molar-refractivity contribution >= 4 is 22.5 Å². The second-order valence-corrected chi connectivity index (χ2v) is 2.63. The number of hydrogen-bond donors (Lipinski definition) is 1. The summed E-state index contributed by atoms with van der Waals surface area (Å²) in [7, 11) is 0. The topological polar surface area (TPSA) is 82.3 Å². The lowest BCUT2D eigenvalue weighted by Crippen LogP contribution is -1.85. The quantitative estimate of drug-likeness (QED) is 0.534. The summed E-state index contributed by atoms with van der Waals surface area (Å²) in [6, 6.07) is 6.00. The van der Waals surface area contributed by atoms with Gasteiger partial charge in [-0.3, -0.25) is 10.1 Å². The lowest BCUT2D eigenvalue weighted by molar-refractivity contribution is -0.384. The van der Waals surface area contributed by atoms with Crippen LogP contribution in [0.3, 0.4) is 0 Å². The molecule has 1 aromatic heterocycles. The first-order valence-corrected chi connectivity index (χ1v) is 3.60. The van der Waals surface area contributed by atoms with Gasteiger partial charge in [0.25, 0.3) is 5.69 Å². The number of non-ortho nitro benzene ring substituents is 1. The molecular weight excluding hydrogens is 172 g/mol. The molecule has 1 aromatic carbocycles. The third kappa shape index (κ3) is 1.20. The number of rotatable bonds is 1. The fourth-order valence-electron chi connectivity index (χ4n) is 1.15. The zero-order valence-corrected chi connectivity index (χ0v) is 6.56. The van der Waals surface area contributed by atoms with Gasteiger partial charge in [-0.25, -0.2) is 0 Å². The van der Waals surface area contributed by atoms with Crippen LogP contribution in [0, 0.1) is 10.1 Å². The van der Waals surface area contributed by atoms with E-state index in [4.69, 9.17) is 10.2 Å². The molecule has 0 spiro atoms. The molecule has 0 fully saturated rings. The fraction of sp³-hybridized carbons (Fsp3) is 0. The highest BCUT2D eigenvalue weighted by atomic mass is 16.6. The van der Waals surface area contributed by atoms with Crippen molar-refractivity contribution in [2.45, 2.75) is 0 Å². The van der Waals surface area contributed by atoms with E-state index in [1.54, 1.807) is 12.1 Å². The summed E-state index contributed by atoms with van der Waals surface area (Å²) in [5, 5.41) is 11.2. The highest BCUT2D eigenvalue weighted by Crippen LogP contribution is 2.24. The Bertz CT molecular complexity index is 475. The van der Waals surface area contributed by atoms with Crippen LogP contribution in [-0.2, 0) is 0 Å². The van der Waals surface area contributed by atoms with Crippen LogP contribution in [0.4, 0.5) is 11.6 Å². The van der Waals surface area contributed by atoms with E-state index < -0.39 is 4.92 Å². The predicted molar refractivity (Wildman–Crippen MR) is 47.3 cm³/mol. The van der Waals surface area contributed by atoms with Gasteiger partial charge in [0.2, 0.25) is 0 Å². The molecule has 0 bridgehead atoms. The summed E-state index contributed by atoms with van der Waals surface area (Å²) < 4.78 is 5.03. The number of nitro benzene ring substituents is 1. The van der Waals surface area contributed by atoms with Gasteiger partial charge in [0.05, 0.1) is 11.0 Å². The van der Waals surface area contributed by atoms with Crippen LogP contribution < -0.4 is 5.73 Å². The van der Waals surface area contributed by atoms with Crippen LogP contribution in [0.5, 0.6) is 0 Å². The molecule has 0 unspecified atom stereocenters. The maximum Gasteiger partial charge on any atom is 0.273 e. The Morgan fingerprint density at radius 3 is 2.85 bits per heavy atom. The van der Waals surface area contributed by atoms with Gasteiger partial charge in [0.1, 0.15) is 5.58 Å². The molecule has 0 amide bonds. The molecule has 0 aliphatic carbocycles. The van der Waals surface area contributed by atoms with E-state index in [1.165, 1.54) is 12.1 Å². The summed E-state index contributed by atoms with van der Waals surface area (Å²) >= 11 is 0. The molecule has 1 heterocycles. The van der Waals surface area contributed by atoms with Crippen molar-refractivity contribution in [1.82, 2.24) is 0 Å².